The Labute approximate surface area is 203 Å². The standard InChI is InChI=1S/C21H35N9O5/c22-14(11-12-5-7-13(31)8-6-12)17(32)29-15(3-1-9-27-20(23)24)18(33)30-16(19(34)35)4-2-10-28-21(25)26/h5-8,14-16,31H,1-4,9-11,22H2,(H,29,32)(H,30,33)(H,34,35)(H4,23,24,27)(H4,25,26,28)/t14-,15-,16-/m0/s1. The molecule has 0 aliphatic carbocycles. The molecule has 0 heterocycles. The number of phenols is 1. The molecule has 0 aromatic heterocycles. The van der Waals surface area contributed by atoms with E-state index in [0.717, 1.165) is 0 Å². The average Bonchev–Trinajstić information content (AvgIpc) is 2.78. The first-order valence-electron chi connectivity index (χ1n) is 11.0. The number of nitrogens with zero attached hydrogens (tertiary/aromatic N) is 2. The highest BCUT2D eigenvalue weighted by Crippen LogP contribution is 2.11. The van der Waals surface area contributed by atoms with Crippen molar-refractivity contribution >= 4 is 29.7 Å². The van der Waals surface area contributed by atoms with Crippen molar-refractivity contribution in [1.82, 2.24) is 10.6 Å². The van der Waals surface area contributed by atoms with Crippen LogP contribution >= 0.6 is 0 Å². The number of phenolic OH excluding ortho intramolecular Hbond substituents is 1. The average molecular weight is 494 g/mol. The molecule has 14 N–H and O–H groups in total. The molecule has 0 aliphatic heterocycles. The number of nitrogens with one attached hydrogen (secondary N) is 2. The number of benzene rings is 1. The van der Waals surface area contributed by atoms with Crippen molar-refractivity contribution in [3.05, 3.63) is 29.8 Å². The third-order valence-electron chi connectivity index (χ3n) is 4.87. The van der Waals surface area contributed by atoms with Gasteiger partial charge in [-0.25, -0.2) is 4.79 Å². The first-order valence-corrected chi connectivity index (χ1v) is 11.0. The van der Waals surface area contributed by atoms with Crippen molar-refractivity contribution in [1.29, 1.82) is 0 Å². The quantitative estimate of drug-likeness (QED) is 0.0699. The number of rotatable bonds is 15. The van der Waals surface area contributed by atoms with Gasteiger partial charge in [-0.3, -0.25) is 19.6 Å². The minimum absolute atomic E-state index is 0.0763. The Kier molecular flexibility index (Phi) is 12.4. The van der Waals surface area contributed by atoms with Gasteiger partial charge in [0.05, 0.1) is 6.04 Å². The minimum Gasteiger partial charge on any atom is -0.508 e. The number of hydrogen-bond donors (Lipinski definition) is 9. The van der Waals surface area contributed by atoms with Crippen LogP contribution in [-0.2, 0) is 20.8 Å². The smallest absolute Gasteiger partial charge is 0.326 e. The maximum atomic E-state index is 12.9. The SMILES string of the molecule is NC(N)=NCCC[C@H](NC(=O)[C@H](CCCN=C(N)N)NC(=O)[C@@H](N)Cc1ccc(O)cc1)C(=O)O. The van der Waals surface area contributed by atoms with Crippen LogP contribution in [0.1, 0.15) is 31.2 Å². The third kappa shape index (κ3) is 12.1. The fourth-order valence-corrected chi connectivity index (χ4v) is 3.06. The first-order chi connectivity index (χ1) is 16.5. The van der Waals surface area contributed by atoms with Gasteiger partial charge in [0.2, 0.25) is 11.8 Å². The van der Waals surface area contributed by atoms with Crippen molar-refractivity contribution in [3.8, 4) is 5.75 Å². The lowest BCUT2D eigenvalue weighted by atomic mass is 10.0. The predicted octanol–water partition coefficient (Wildman–Crippen LogP) is -2.58. The molecular weight excluding hydrogens is 458 g/mol. The van der Waals surface area contributed by atoms with Gasteiger partial charge in [-0.2, -0.15) is 0 Å². The van der Waals surface area contributed by atoms with Crippen LogP contribution in [0.4, 0.5) is 0 Å². The van der Waals surface area contributed by atoms with Gasteiger partial charge in [0.1, 0.15) is 17.8 Å². The van der Waals surface area contributed by atoms with E-state index >= 15 is 0 Å². The Hall–Kier alpha value is -4.07. The van der Waals surface area contributed by atoms with E-state index in [0.29, 0.717) is 18.4 Å². The highest BCUT2D eigenvalue weighted by Gasteiger charge is 2.27. The lowest BCUT2D eigenvalue weighted by Crippen LogP contribution is -2.54. The lowest BCUT2D eigenvalue weighted by Gasteiger charge is -2.23. The zero-order valence-corrected chi connectivity index (χ0v) is 19.4. The molecule has 0 saturated carbocycles. The van der Waals surface area contributed by atoms with Crippen LogP contribution in [0, 0.1) is 0 Å². The Morgan fingerprint density at radius 3 is 1.80 bits per heavy atom. The molecule has 0 unspecified atom stereocenters. The molecule has 194 valence electrons. The van der Waals surface area contributed by atoms with Gasteiger partial charge in [0.15, 0.2) is 11.9 Å². The number of hydrogen-bond acceptors (Lipinski definition) is 7. The van der Waals surface area contributed by atoms with Crippen LogP contribution in [-0.4, -0.2) is 71.1 Å². The Morgan fingerprint density at radius 1 is 0.829 bits per heavy atom. The highest BCUT2D eigenvalue weighted by atomic mass is 16.4. The van der Waals surface area contributed by atoms with E-state index in [1.54, 1.807) is 12.1 Å². The number of amides is 2. The number of aliphatic imine (C=N–C) groups is 2. The molecule has 3 atom stereocenters. The summed E-state index contributed by atoms with van der Waals surface area (Å²) in [6.07, 6.45) is 1.03. The normalized spacial score (nSPS) is 13.1. The zero-order valence-electron chi connectivity index (χ0n) is 19.4. The van der Waals surface area contributed by atoms with Crippen molar-refractivity contribution in [3.63, 3.8) is 0 Å². The van der Waals surface area contributed by atoms with Gasteiger partial charge in [-0.15, -0.1) is 0 Å². The second-order valence-electron chi connectivity index (χ2n) is 7.84. The molecule has 2 amide bonds. The third-order valence-corrected chi connectivity index (χ3v) is 4.87. The predicted molar refractivity (Wildman–Crippen MR) is 131 cm³/mol. The van der Waals surface area contributed by atoms with E-state index in [9.17, 15) is 24.6 Å². The van der Waals surface area contributed by atoms with E-state index in [1.165, 1.54) is 12.1 Å². The van der Waals surface area contributed by atoms with Crippen LogP contribution in [0.3, 0.4) is 0 Å². The molecule has 1 rings (SSSR count). The molecule has 0 aliphatic rings. The van der Waals surface area contributed by atoms with Gasteiger partial charge in [-0.1, -0.05) is 12.1 Å². The van der Waals surface area contributed by atoms with E-state index in [-0.39, 0.29) is 50.0 Å². The summed E-state index contributed by atoms with van der Waals surface area (Å²) in [5.41, 5.74) is 27.8. The van der Waals surface area contributed by atoms with Crippen LogP contribution in [0.5, 0.6) is 5.75 Å². The molecule has 14 nitrogen and oxygen atoms in total. The summed E-state index contributed by atoms with van der Waals surface area (Å²) in [7, 11) is 0. The van der Waals surface area contributed by atoms with E-state index in [1.807, 2.05) is 0 Å². The number of carbonyl (C=O) groups is 3. The molecule has 1 aromatic rings. The Balaban J connectivity index is 2.83. The molecule has 0 radical (unpaired) electrons. The summed E-state index contributed by atoms with van der Waals surface area (Å²) in [5, 5.41) is 23.9. The summed E-state index contributed by atoms with van der Waals surface area (Å²) >= 11 is 0. The monoisotopic (exact) mass is 493 g/mol. The fraction of sp³-hybridized carbons (Fsp3) is 0.476. The molecule has 35 heavy (non-hydrogen) atoms. The van der Waals surface area contributed by atoms with Crippen molar-refractivity contribution in [2.24, 2.45) is 38.7 Å². The van der Waals surface area contributed by atoms with Gasteiger partial charge in [-0.05, 0) is 49.8 Å². The number of carbonyl (C=O) groups excluding carboxylic acids is 2. The molecular formula is C21H35N9O5. The minimum atomic E-state index is -1.24. The number of carboxylic acids is 1. The molecule has 0 spiro atoms. The summed E-state index contributed by atoms with van der Waals surface area (Å²) in [6, 6.07) is 2.94. The maximum Gasteiger partial charge on any atom is 0.326 e. The molecule has 0 fully saturated rings. The first kappa shape index (κ1) is 29.0. The van der Waals surface area contributed by atoms with Crippen LogP contribution in [0.25, 0.3) is 0 Å². The molecule has 0 bridgehead atoms. The maximum absolute atomic E-state index is 12.9. The molecule has 0 saturated heterocycles. The number of guanidine groups is 2. The van der Waals surface area contributed by atoms with Gasteiger partial charge in [0.25, 0.3) is 0 Å². The second kappa shape index (κ2) is 15.0. The van der Waals surface area contributed by atoms with Gasteiger partial charge in [0, 0.05) is 13.1 Å². The molecule has 14 heteroatoms. The Morgan fingerprint density at radius 2 is 1.31 bits per heavy atom. The van der Waals surface area contributed by atoms with Gasteiger partial charge >= 0.3 is 5.97 Å². The second-order valence-corrected chi connectivity index (χ2v) is 7.84. The fourth-order valence-electron chi connectivity index (χ4n) is 3.06. The van der Waals surface area contributed by atoms with E-state index in [4.69, 9.17) is 28.7 Å². The van der Waals surface area contributed by atoms with Gasteiger partial charge < -0.3 is 49.5 Å². The number of carboxylic acid groups (broad SMARTS) is 1. The van der Waals surface area contributed by atoms with Crippen molar-refractivity contribution in [2.45, 2.75) is 50.2 Å². The number of aromatic hydroxyl groups is 1. The van der Waals surface area contributed by atoms with Crippen molar-refractivity contribution < 1.29 is 24.6 Å². The van der Waals surface area contributed by atoms with E-state index < -0.39 is 35.9 Å². The number of aliphatic carboxylic acids is 1. The summed E-state index contributed by atoms with van der Waals surface area (Å²) < 4.78 is 0. The lowest BCUT2D eigenvalue weighted by molar-refractivity contribution is -0.142. The zero-order chi connectivity index (χ0) is 26.4. The van der Waals surface area contributed by atoms with Crippen molar-refractivity contribution in [2.75, 3.05) is 13.1 Å². The largest absolute Gasteiger partial charge is 0.508 e. The topological polar surface area (TPSA) is 271 Å². The van der Waals surface area contributed by atoms with E-state index in [2.05, 4.69) is 20.6 Å². The molecule has 1 aromatic carbocycles. The van der Waals surface area contributed by atoms with Crippen LogP contribution in [0.2, 0.25) is 0 Å². The van der Waals surface area contributed by atoms with Crippen LogP contribution in [0.15, 0.2) is 34.3 Å². The number of nitrogens with two attached hydrogens (primary N) is 5. The Bertz CT molecular complexity index is 897. The summed E-state index contributed by atoms with van der Waals surface area (Å²) in [5.74, 6) is -2.67. The summed E-state index contributed by atoms with van der Waals surface area (Å²) in [6.45, 7) is 0.412. The van der Waals surface area contributed by atoms with Crippen LogP contribution < -0.4 is 39.3 Å². The summed E-state index contributed by atoms with van der Waals surface area (Å²) in [4.78, 5) is 44.8. The highest BCUT2D eigenvalue weighted by molar-refractivity contribution is 5.91.